The van der Waals surface area contributed by atoms with E-state index in [1.54, 1.807) is 18.9 Å². The minimum Gasteiger partial charge on any atom is -0.493 e. The first-order valence-electron chi connectivity index (χ1n) is 11.6. The largest absolute Gasteiger partial charge is 0.493 e. The Balaban J connectivity index is 1.70. The number of hydrogen-bond donors (Lipinski definition) is 0. The van der Waals surface area contributed by atoms with Crippen LogP contribution in [0.25, 0.3) is 0 Å². The third-order valence-corrected chi connectivity index (χ3v) is 6.67. The van der Waals surface area contributed by atoms with Gasteiger partial charge in [0.15, 0.2) is 16.7 Å². The number of amidine groups is 1. The summed E-state index contributed by atoms with van der Waals surface area (Å²) < 4.78 is 17.2. The lowest BCUT2D eigenvalue weighted by atomic mass is 9.93. The van der Waals surface area contributed by atoms with E-state index in [1.165, 1.54) is 11.8 Å². The molecule has 2 aromatic carbocycles. The number of allylic oxidation sites excluding steroid dienone is 1. The predicted molar refractivity (Wildman–Crippen MR) is 136 cm³/mol. The highest BCUT2D eigenvalue weighted by Crippen LogP contribution is 2.42. The molecule has 0 N–H and O–H groups in total. The van der Waals surface area contributed by atoms with Crippen molar-refractivity contribution in [1.29, 1.82) is 0 Å². The average Bonchev–Trinajstić information content (AvgIpc) is 2.86. The number of fused-ring (bicyclic) bond motifs is 1. The average molecular weight is 495 g/mol. The van der Waals surface area contributed by atoms with Crippen molar-refractivity contribution < 1.29 is 23.8 Å². The fourth-order valence-corrected chi connectivity index (χ4v) is 5.01. The van der Waals surface area contributed by atoms with Gasteiger partial charge in [0, 0.05) is 12.2 Å². The summed E-state index contributed by atoms with van der Waals surface area (Å²) in [6, 6.07) is 14.7. The van der Waals surface area contributed by atoms with Crippen LogP contribution in [0.3, 0.4) is 0 Å². The van der Waals surface area contributed by atoms with E-state index in [2.05, 4.69) is 4.99 Å². The number of carbonyl (C=O) groups is 2. The molecule has 2 heterocycles. The van der Waals surface area contributed by atoms with Gasteiger partial charge in [-0.25, -0.2) is 9.79 Å². The molecule has 1 amide bonds. The minimum absolute atomic E-state index is 0.0717. The van der Waals surface area contributed by atoms with Crippen LogP contribution in [0.15, 0.2) is 64.8 Å². The molecule has 0 saturated carbocycles. The number of methoxy groups -OCH3 is 1. The molecule has 0 spiro atoms. The van der Waals surface area contributed by atoms with Crippen molar-refractivity contribution in [2.24, 2.45) is 10.9 Å². The summed E-state index contributed by atoms with van der Waals surface area (Å²) in [5.41, 5.74) is 2.69. The first-order valence-corrected chi connectivity index (χ1v) is 12.6. The first-order chi connectivity index (χ1) is 16.9. The second-order valence-electron chi connectivity index (χ2n) is 8.84. The Morgan fingerprint density at radius 3 is 2.66 bits per heavy atom. The molecule has 1 fully saturated rings. The van der Waals surface area contributed by atoms with Crippen LogP contribution in [-0.4, -0.2) is 41.4 Å². The summed E-state index contributed by atoms with van der Waals surface area (Å²) in [7, 11) is 1.57. The third kappa shape index (κ3) is 5.53. The molecule has 4 rings (SSSR count). The van der Waals surface area contributed by atoms with Gasteiger partial charge in [-0.1, -0.05) is 62.0 Å². The second-order valence-corrected chi connectivity index (χ2v) is 9.90. The van der Waals surface area contributed by atoms with E-state index in [4.69, 9.17) is 14.2 Å². The van der Waals surface area contributed by atoms with Gasteiger partial charge >= 0.3 is 5.97 Å². The predicted octanol–water partition coefficient (Wildman–Crippen LogP) is 5.12. The number of esters is 1. The molecule has 2 aromatic rings. The lowest BCUT2D eigenvalue weighted by Gasteiger charge is -2.39. The van der Waals surface area contributed by atoms with Crippen molar-refractivity contribution in [3.05, 3.63) is 70.9 Å². The van der Waals surface area contributed by atoms with Crippen molar-refractivity contribution in [3.63, 3.8) is 0 Å². The second kappa shape index (κ2) is 11.0. The number of aliphatic imine (C=N–C) groups is 1. The summed E-state index contributed by atoms with van der Waals surface area (Å²) >= 11 is 1.52. The topological polar surface area (TPSA) is 77.4 Å². The maximum absolute atomic E-state index is 13.2. The number of amides is 1. The van der Waals surface area contributed by atoms with Gasteiger partial charge in [0.05, 0.1) is 31.0 Å². The SMILES string of the molecule is COc1cc([C@H]2C(C(=O)OCC(C)C)=C(C)N=C3SCCC(=O)N32)ccc1OCc1ccccc1. The normalized spacial score (nSPS) is 17.7. The Labute approximate surface area is 210 Å². The van der Waals surface area contributed by atoms with Crippen LogP contribution in [0.5, 0.6) is 11.5 Å². The third-order valence-electron chi connectivity index (χ3n) is 5.71. The van der Waals surface area contributed by atoms with E-state index in [-0.39, 0.29) is 18.4 Å². The maximum Gasteiger partial charge on any atom is 0.338 e. The lowest BCUT2D eigenvalue weighted by molar-refractivity contribution is -0.141. The number of benzene rings is 2. The molecule has 35 heavy (non-hydrogen) atoms. The Morgan fingerprint density at radius 2 is 1.94 bits per heavy atom. The standard InChI is InChI=1S/C27H30N2O5S/c1-17(2)15-34-26(31)24-18(3)28-27-29(23(30)12-13-35-27)25(24)20-10-11-21(22(14-20)32-4)33-16-19-8-6-5-7-9-19/h5-11,14,17,25H,12-13,15-16H2,1-4H3/t25-/m0/s1. The van der Waals surface area contributed by atoms with Gasteiger partial charge in [-0.05, 0) is 36.1 Å². The lowest BCUT2D eigenvalue weighted by Crippen LogP contribution is -2.45. The monoisotopic (exact) mass is 494 g/mol. The van der Waals surface area contributed by atoms with Crippen LogP contribution >= 0.6 is 11.8 Å². The van der Waals surface area contributed by atoms with Crippen LogP contribution in [0, 0.1) is 5.92 Å². The van der Waals surface area contributed by atoms with E-state index in [1.807, 2.05) is 62.4 Å². The van der Waals surface area contributed by atoms with Gasteiger partial charge in [0.25, 0.3) is 0 Å². The fourth-order valence-electron chi connectivity index (χ4n) is 4.00. The van der Waals surface area contributed by atoms with Crippen LogP contribution in [0.4, 0.5) is 0 Å². The van der Waals surface area contributed by atoms with Crippen LogP contribution in [0.1, 0.15) is 44.4 Å². The van der Waals surface area contributed by atoms with E-state index in [9.17, 15) is 9.59 Å². The van der Waals surface area contributed by atoms with Gasteiger partial charge in [0.1, 0.15) is 6.61 Å². The highest BCUT2D eigenvalue weighted by molar-refractivity contribution is 8.14. The molecule has 1 saturated heterocycles. The molecule has 0 unspecified atom stereocenters. The molecule has 7 nitrogen and oxygen atoms in total. The quantitative estimate of drug-likeness (QED) is 0.474. The Kier molecular flexibility index (Phi) is 7.80. The zero-order valence-electron chi connectivity index (χ0n) is 20.4. The van der Waals surface area contributed by atoms with Crippen molar-refractivity contribution in [3.8, 4) is 11.5 Å². The van der Waals surface area contributed by atoms with Crippen molar-refractivity contribution in [2.45, 2.75) is 39.8 Å². The molecule has 184 valence electrons. The fraction of sp³-hybridized carbons (Fsp3) is 0.370. The molecule has 0 aliphatic carbocycles. The summed E-state index contributed by atoms with van der Waals surface area (Å²) in [5.74, 6) is 1.42. The van der Waals surface area contributed by atoms with Crippen LogP contribution < -0.4 is 9.47 Å². The molecule has 2 aliphatic rings. The van der Waals surface area contributed by atoms with Crippen LogP contribution in [0.2, 0.25) is 0 Å². The highest BCUT2D eigenvalue weighted by atomic mass is 32.2. The number of nitrogens with zero attached hydrogens (tertiary/aromatic N) is 2. The number of thioether (sulfide) groups is 1. The molecule has 2 aliphatic heterocycles. The zero-order chi connectivity index (χ0) is 24.9. The van der Waals surface area contributed by atoms with Gasteiger partial charge in [-0.15, -0.1) is 0 Å². The number of hydrogen-bond acceptors (Lipinski definition) is 7. The Morgan fingerprint density at radius 1 is 1.17 bits per heavy atom. The van der Waals surface area contributed by atoms with Gasteiger partial charge < -0.3 is 14.2 Å². The Hall–Kier alpha value is -3.26. The molecular weight excluding hydrogens is 464 g/mol. The summed E-state index contributed by atoms with van der Waals surface area (Å²) in [4.78, 5) is 32.5. The number of ether oxygens (including phenoxy) is 3. The van der Waals surface area contributed by atoms with Crippen molar-refractivity contribution in [2.75, 3.05) is 19.5 Å². The maximum atomic E-state index is 13.2. The van der Waals surface area contributed by atoms with Crippen LogP contribution in [-0.2, 0) is 20.9 Å². The van der Waals surface area contributed by atoms with Gasteiger partial charge in [-0.3, -0.25) is 9.69 Å². The molecule has 0 radical (unpaired) electrons. The van der Waals surface area contributed by atoms with Gasteiger partial charge in [0.2, 0.25) is 5.91 Å². The zero-order valence-corrected chi connectivity index (χ0v) is 21.3. The van der Waals surface area contributed by atoms with E-state index in [0.717, 1.165) is 11.1 Å². The first kappa shape index (κ1) is 24.9. The number of rotatable bonds is 8. The summed E-state index contributed by atoms with van der Waals surface area (Å²) in [6.45, 7) is 6.43. The summed E-state index contributed by atoms with van der Waals surface area (Å²) in [5, 5.41) is 0.604. The van der Waals surface area contributed by atoms with Crippen molar-refractivity contribution in [1.82, 2.24) is 4.90 Å². The van der Waals surface area contributed by atoms with E-state index >= 15 is 0 Å². The smallest absolute Gasteiger partial charge is 0.338 e. The number of carbonyl (C=O) groups excluding carboxylic acids is 2. The minimum atomic E-state index is -0.653. The molecular formula is C27H30N2O5S. The molecule has 0 aromatic heterocycles. The van der Waals surface area contributed by atoms with Crippen molar-refractivity contribution >= 4 is 28.8 Å². The highest BCUT2D eigenvalue weighted by Gasteiger charge is 2.42. The molecule has 8 heteroatoms. The van der Waals surface area contributed by atoms with E-state index < -0.39 is 12.0 Å². The Bertz CT molecular complexity index is 1160. The van der Waals surface area contributed by atoms with E-state index in [0.29, 0.717) is 46.7 Å². The molecule has 0 bridgehead atoms. The molecule has 1 atom stereocenters. The summed E-state index contributed by atoms with van der Waals surface area (Å²) in [6.07, 6.45) is 0.378. The van der Waals surface area contributed by atoms with Gasteiger partial charge in [-0.2, -0.15) is 0 Å².